The SMILES string of the molecule is COc1ccccc1C(C)C1=NS(=O)(=O)c2ccccc21. The summed E-state index contributed by atoms with van der Waals surface area (Å²) in [6, 6.07) is 14.5. The Morgan fingerprint density at radius 1 is 1.05 bits per heavy atom. The molecule has 0 bridgehead atoms. The Bertz CT molecular complexity index is 825. The van der Waals surface area contributed by atoms with Crippen LogP contribution in [0.5, 0.6) is 5.75 Å². The fraction of sp³-hybridized carbons (Fsp3) is 0.188. The third kappa shape index (κ3) is 2.23. The van der Waals surface area contributed by atoms with Crippen LogP contribution in [-0.2, 0) is 10.0 Å². The zero-order valence-corrected chi connectivity index (χ0v) is 12.6. The number of methoxy groups -OCH3 is 1. The van der Waals surface area contributed by atoms with E-state index in [0.717, 1.165) is 11.3 Å². The van der Waals surface area contributed by atoms with Gasteiger partial charge >= 0.3 is 0 Å². The lowest BCUT2D eigenvalue weighted by atomic mass is 9.91. The average Bonchev–Trinajstić information content (AvgIpc) is 2.79. The first kappa shape index (κ1) is 13.8. The minimum absolute atomic E-state index is 0.167. The van der Waals surface area contributed by atoms with E-state index in [-0.39, 0.29) is 10.8 Å². The highest BCUT2D eigenvalue weighted by Gasteiger charge is 2.32. The summed E-state index contributed by atoms with van der Waals surface area (Å²) >= 11 is 0. The second kappa shape index (κ2) is 5.00. The molecular weight excluding hydrogens is 286 g/mol. The van der Waals surface area contributed by atoms with Crippen LogP contribution < -0.4 is 4.74 Å². The Hall–Kier alpha value is -2.14. The maximum absolute atomic E-state index is 12.1. The van der Waals surface area contributed by atoms with Gasteiger partial charge in [-0.25, -0.2) is 0 Å². The molecule has 4 nitrogen and oxygen atoms in total. The molecule has 1 atom stereocenters. The molecule has 1 heterocycles. The number of rotatable bonds is 3. The zero-order valence-electron chi connectivity index (χ0n) is 11.8. The summed E-state index contributed by atoms with van der Waals surface area (Å²) in [6.07, 6.45) is 0. The predicted molar refractivity (Wildman–Crippen MR) is 81.6 cm³/mol. The monoisotopic (exact) mass is 301 g/mol. The van der Waals surface area contributed by atoms with Gasteiger partial charge in [0.25, 0.3) is 10.0 Å². The number of nitrogens with zero attached hydrogens (tertiary/aromatic N) is 1. The van der Waals surface area contributed by atoms with Crippen molar-refractivity contribution in [3.05, 3.63) is 59.7 Å². The molecule has 2 aromatic carbocycles. The summed E-state index contributed by atoms with van der Waals surface area (Å²) in [5.41, 5.74) is 2.16. The van der Waals surface area contributed by atoms with Crippen molar-refractivity contribution in [2.24, 2.45) is 4.40 Å². The van der Waals surface area contributed by atoms with Crippen LogP contribution in [-0.4, -0.2) is 21.2 Å². The van der Waals surface area contributed by atoms with E-state index in [4.69, 9.17) is 4.74 Å². The van der Waals surface area contributed by atoms with Gasteiger partial charge in [0.1, 0.15) is 5.75 Å². The van der Waals surface area contributed by atoms with Crippen molar-refractivity contribution < 1.29 is 13.2 Å². The number of hydrogen-bond acceptors (Lipinski definition) is 3. The molecule has 0 aromatic heterocycles. The van der Waals surface area contributed by atoms with Crippen LogP contribution in [0.25, 0.3) is 0 Å². The van der Waals surface area contributed by atoms with Crippen molar-refractivity contribution >= 4 is 15.7 Å². The van der Waals surface area contributed by atoms with Crippen LogP contribution >= 0.6 is 0 Å². The third-order valence-electron chi connectivity index (χ3n) is 3.68. The summed E-state index contributed by atoms with van der Waals surface area (Å²) in [7, 11) is -1.98. The molecule has 5 heteroatoms. The molecule has 0 amide bonds. The van der Waals surface area contributed by atoms with E-state index in [2.05, 4.69) is 4.40 Å². The summed E-state index contributed by atoms with van der Waals surface area (Å²) in [4.78, 5) is 0.279. The molecule has 0 spiro atoms. The molecule has 0 radical (unpaired) electrons. The average molecular weight is 301 g/mol. The lowest BCUT2D eigenvalue weighted by molar-refractivity contribution is 0.409. The topological polar surface area (TPSA) is 55.7 Å². The Kier molecular flexibility index (Phi) is 3.29. The van der Waals surface area contributed by atoms with Gasteiger partial charge < -0.3 is 4.74 Å². The van der Waals surface area contributed by atoms with Crippen LogP contribution in [0.15, 0.2) is 57.8 Å². The third-order valence-corrected chi connectivity index (χ3v) is 5.02. The second-order valence-corrected chi connectivity index (χ2v) is 6.48. The molecule has 2 aromatic rings. The van der Waals surface area contributed by atoms with Gasteiger partial charge in [0, 0.05) is 17.0 Å². The van der Waals surface area contributed by atoms with Crippen LogP contribution in [0.3, 0.4) is 0 Å². The van der Waals surface area contributed by atoms with Crippen LogP contribution in [0.1, 0.15) is 24.0 Å². The summed E-state index contributed by atoms with van der Waals surface area (Å²) < 4.78 is 33.6. The van der Waals surface area contributed by atoms with Crippen LogP contribution in [0.2, 0.25) is 0 Å². The fourth-order valence-corrected chi connectivity index (χ4v) is 3.93. The summed E-state index contributed by atoms with van der Waals surface area (Å²) in [5.74, 6) is 0.564. The van der Waals surface area contributed by atoms with Crippen molar-refractivity contribution in [3.63, 3.8) is 0 Å². The van der Waals surface area contributed by atoms with Crippen molar-refractivity contribution in [2.75, 3.05) is 7.11 Å². The van der Waals surface area contributed by atoms with Gasteiger partial charge in [-0.15, -0.1) is 0 Å². The molecular formula is C16H15NO3S. The minimum atomic E-state index is -3.58. The van der Waals surface area contributed by atoms with Gasteiger partial charge in [0.15, 0.2) is 0 Å². The smallest absolute Gasteiger partial charge is 0.283 e. The molecule has 108 valence electrons. The lowest BCUT2D eigenvalue weighted by Gasteiger charge is -2.15. The van der Waals surface area contributed by atoms with Gasteiger partial charge in [-0.2, -0.15) is 12.8 Å². The van der Waals surface area contributed by atoms with E-state index in [1.807, 2.05) is 37.3 Å². The van der Waals surface area contributed by atoms with E-state index >= 15 is 0 Å². The number of sulfonamides is 1. The van der Waals surface area contributed by atoms with Gasteiger partial charge in [0.2, 0.25) is 0 Å². The minimum Gasteiger partial charge on any atom is -0.496 e. The van der Waals surface area contributed by atoms with E-state index < -0.39 is 10.0 Å². The Balaban J connectivity index is 2.14. The first-order chi connectivity index (χ1) is 10.0. The highest BCUT2D eigenvalue weighted by molar-refractivity contribution is 7.90. The summed E-state index contributed by atoms with van der Waals surface area (Å²) in [6.45, 7) is 1.94. The molecule has 0 aliphatic carbocycles. The first-order valence-electron chi connectivity index (χ1n) is 6.62. The van der Waals surface area contributed by atoms with Crippen molar-refractivity contribution in [1.82, 2.24) is 0 Å². The van der Waals surface area contributed by atoms with Crippen LogP contribution in [0.4, 0.5) is 0 Å². The van der Waals surface area contributed by atoms with Crippen molar-refractivity contribution in [3.8, 4) is 5.75 Å². The molecule has 1 aliphatic heterocycles. The quantitative estimate of drug-likeness (QED) is 0.875. The molecule has 21 heavy (non-hydrogen) atoms. The number of hydrogen-bond donors (Lipinski definition) is 0. The van der Waals surface area contributed by atoms with Gasteiger partial charge in [-0.05, 0) is 12.1 Å². The lowest BCUT2D eigenvalue weighted by Crippen LogP contribution is -2.10. The molecule has 0 fully saturated rings. The number of fused-ring (bicyclic) bond motifs is 1. The van der Waals surface area contributed by atoms with Crippen molar-refractivity contribution in [2.45, 2.75) is 17.7 Å². The van der Waals surface area contributed by atoms with Gasteiger partial charge in [-0.3, -0.25) is 0 Å². The molecule has 1 unspecified atom stereocenters. The van der Waals surface area contributed by atoms with Gasteiger partial charge in [0.05, 0.1) is 17.7 Å². The highest BCUT2D eigenvalue weighted by Crippen LogP contribution is 2.35. The molecule has 1 aliphatic rings. The number of para-hydroxylation sites is 1. The number of ether oxygens (including phenoxy) is 1. The molecule has 3 rings (SSSR count). The normalized spacial score (nSPS) is 17.0. The Morgan fingerprint density at radius 2 is 1.71 bits per heavy atom. The summed E-state index contributed by atoms with van der Waals surface area (Å²) in [5, 5.41) is 0. The van der Waals surface area contributed by atoms with E-state index in [1.165, 1.54) is 0 Å². The molecule has 0 saturated carbocycles. The standard InChI is InChI=1S/C16H15NO3S/c1-11(12-7-3-5-9-14(12)20-2)16-13-8-4-6-10-15(13)21(18,19)17-16/h3-11H,1-2H3. The predicted octanol–water partition coefficient (Wildman–Crippen LogP) is 2.99. The van der Waals surface area contributed by atoms with Gasteiger partial charge in [-0.1, -0.05) is 43.3 Å². The Labute approximate surface area is 124 Å². The fourth-order valence-electron chi connectivity index (χ4n) is 2.61. The second-order valence-electron chi connectivity index (χ2n) is 4.91. The highest BCUT2D eigenvalue weighted by atomic mass is 32.2. The molecule has 0 saturated heterocycles. The maximum atomic E-state index is 12.1. The van der Waals surface area contributed by atoms with E-state index in [9.17, 15) is 8.42 Å². The van der Waals surface area contributed by atoms with E-state index in [1.54, 1.807) is 25.3 Å². The number of benzene rings is 2. The van der Waals surface area contributed by atoms with E-state index in [0.29, 0.717) is 11.3 Å². The van der Waals surface area contributed by atoms with Crippen LogP contribution in [0, 0.1) is 0 Å². The Morgan fingerprint density at radius 3 is 2.48 bits per heavy atom. The zero-order chi connectivity index (χ0) is 15.0. The molecule has 0 N–H and O–H groups in total. The van der Waals surface area contributed by atoms with Crippen molar-refractivity contribution in [1.29, 1.82) is 0 Å². The first-order valence-corrected chi connectivity index (χ1v) is 8.06. The maximum Gasteiger partial charge on any atom is 0.283 e. The largest absolute Gasteiger partial charge is 0.496 e.